The normalized spacial score (nSPS) is 16.7. The van der Waals surface area contributed by atoms with Crippen LogP contribution in [0, 0.1) is 18.8 Å². The highest BCUT2D eigenvalue weighted by molar-refractivity contribution is 6.04. The lowest BCUT2D eigenvalue weighted by Gasteiger charge is -2.35. The first-order valence-corrected chi connectivity index (χ1v) is 13.4. The molecule has 2 amide bonds. The van der Waals surface area contributed by atoms with E-state index in [-0.39, 0.29) is 23.7 Å². The number of fused-ring (bicyclic) bond motifs is 2. The summed E-state index contributed by atoms with van der Waals surface area (Å²) in [5, 5.41) is 4.00. The van der Waals surface area contributed by atoms with Gasteiger partial charge in [-0.25, -0.2) is 4.79 Å². The molecule has 3 aromatic rings. The number of nitrogens with zero attached hydrogens (tertiary/aromatic N) is 2. The quantitative estimate of drug-likeness (QED) is 0.398. The molecule has 0 aliphatic carbocycles. The number of rotatable bonds is 9. The molecule has 1 N–H and O–H groups in total. The zero-order valence-corrected chi connectivity index (χ0v) is 23.4. The second-order valence-electron chi connectivity index (χ2n) is 11.1. The fraction of sp³-hybridized carbons (Fsp3) is 0.452. The molecule has 2 heterocycles. The standard InChI is InChI=1S/C31H39N3O4/c1-18(2)16-24(31(37)38-7)32-29(35)26(17-19(3)4)34-28(21-12-8-9-13-22(21)30(34)36)27-20(5)33(6)25-15-11-10-14-23(25)27/h8-15,18-19,24,26,28H,16-17H2,1-7H3,(H,32,35). The fourth-order valence-electron chi connectivity index (χ4n) is 5.74. The van der Waals surface area contributed by atoms with E-state index in [2.05, 4.69) is 28.9 Å². The molecule has 0 bridgehead atoms. The van der Waals surface area contributed by atoms with E-state index < -0.39 is 24.1 Å². The lowest BCUT2D eigenvalue weighted by atomic mass is 9.93. The second-order valence-corrected chi connectivity index (χ2v) is 11.1. The zero-order chi connectivity index (χ0) is 27.7. The molecule has 0 spiro atoms. The van der Waals surface area contributed by atoms with Gasteiger partial charge in [0.1, 0.15) is 12.1 Å². The van der Waals surface area contributed by atoms with Gasteiger partial charge < -0.3 is 19.5 Å². The lowest BCUT2D eigenvalue weighted by Crippen LogP contribution is -2.53. The van der Waals surface area contributed by atoms with Gasteiger partial charge >= 0.3 is 5.97 Å². The summed E-state index contributed by atoms with van der Waals surface area (Å²) in [5.41, 5.74) is 4.64. The molecule has 3 atom stereocenters. The number of methoxy groups -OCH3 is 1. The van der Waals surface area contributed by atoms with E-state index >= 15 is 0 Å². The maximum atomic E-state index is 14.1. The minimum Gasteiger partial charge on any atom is -0.467 e. The van der Waals surface area contributed by atoms with Crippen LogP contribution in [0.15, 0.2) is 48.5 Å². The molecule has 3 unspecified atom stereocenters. The summed E-state index contributed by atoms with van der Waals surface area (Å²) in [6.45, 7) is 10.1. The summed E-state index contributed by atoms with van der Waals surface area (Å²) < 4.78 is 7.13. The van der Waals surface area contributed by atoms with Crippen LogP contribution in [-0.4, -0.2) is 46.4 Å². The minimum absolute atomic E-state index is 0.137. The Hall–Kier alpha value is -3.61. The molecule has 7 heteroatoms. The van der Waals surface area contributed by atoms with Crippen LogP contribution < -0.4 is 5.32 Å². The number of hydrogen-bond acceptors (Lipinski definition) is 4. The molecule has 2 aromatic carbocycles. The Bertz CT molecular complexity index is 1360. The summed E-state index contributed by atoms with van der Waals surface area (Å²) in [4.78, 5) is 42.4. The van der Waals surface area contributed by atoms with E-state index in [1.54, 1.807) is 4.90 Å². The van der Waals surface area contributed by atoms with Crippen LogP contribution in [0.5, 0.6) is 0 Å². The largest absolute Gasteiger partial charge is 0.467 e. The summed E-state index contributed by atoms with van der Waals surface area (Å²) >= 11 is 0. The number of nitrogens with one attached hydrogen (secondary N) is 1. The van der Waals surface area contributed by atoms with Gasteiger partial charge in [0.2, 0.25) is 5.91 Å². The highest BCUT2D eigenvalue weighted by atomic mass is 16.5. The molecule has 1 aromatic heterocycles. The first kappa shape index (κ1) is 27.4. The van der Waals surface area contributed by atoms with Crippen molar-refractivity contribution in [1.82, 2.24) is 14.8 Å². The molecule has 202 valence electrons. The molecular formula is C31H39N3O4. The smallest absolute Gasteiger partial charge is 0.328 e. The number of carbonyl (C=O) groups is 3. The molecule has 0 fully saturated rings. The predicted octanol–water partition coefficient (Wildman–Crippen LogP) is 5.15. The Kier molecular flexibility index (Phi) is 7.95. The van der Waals surface area contributed by atoms with E-state index in [1.807, 2.05) is 71.1 Å². The molecule has 0 saturated carbocycles. The van der Waals surface area contributed by atoms with Crippen molar-refractivity contribution in [1.29, 1.82) is 0 Å². The predicted molar refractivity (Wildman–Crippen MR) is 149 cm³/mol. The molecule has 1 aliphatic heterocycles. The van der Waals surface area contributed by atoms with Crippen LogP contribution >= 0.6 is 0 Å². The average Bonchev–Trinajstić information content (AvgIpc) is 3.31. The Labute approximate surface area is 225 Å². The summed E-state index contributed by atoms with van der Waals surface area (Å²) in [6, 6.07) is 13.8. The van der Waals surface area contributed by atoms with Crippen LogP contribution in [0.3, 0.4) is 0 Å². The van der Waals surface area contributed by atoms with Crippen molar-refractivity contribution in [2.24, 2.45) is 18.9 Å². The molecule has 7 nitrogen and oxygen atoms in total. The SMILES string of the molecule is COC(=O)C(CC(C)C)NC(=O)C(CC(C)C)N1C(=O)c2ccccc2C1c1c(C)n(C)c2ccccc12. The van der Waals surface area contributed by atoms with Gasteiger partial charge in [-0.15, -0.1) is 0 Å². The van der Waals surface area contributed by atoms with Crippen molar-refractivity contribution in [2.45, 2.75) is 65.6 Å². The van der Waals surface area contributed by atoms with Gasteiger partial charge in [0.05, 0.1) is 13.2 Å². The van der Waals surface area contributed by atoms with Crippen LogP contribution in [-0.2, 0) is 21.4 Å². The molecule has 0 radical (unpaired) electrons. The number of esters is 1. The van der Waals surface area contributed by atoms with Crippen molar-refractivity contribution in [3.8, 4) is 0 Å². The Balaban J connectivity index is 1.86. The van der Waals surface area contributed by atoms with Crippen LogP contribution in [0.1, 0.15) is 73.8 Å². The Morgan fingerprint density at radius 2 is 1.61 bits per heavy atom. The van der Waals surface area contributed by atoms with Gasteiger partial charge in [-0.05, 0) is 49.3 Å². The van der Waals surface area contributed by atoms with Crippen molar-refractivity contribution < 1.29 is 19.1 Å². The molecule has 38 heavy (non-hydrogen) atoms. The fourth-order valence-corrected chi connectivity index (χ4v) is 5.74. The van der Waals surface area contributed by atoms with Gasteiger partial charge in [0.15, 0.2) is 0 Å². The third kappa shape index (κ3) is 4.94. The van der Waals surface area contributed by atoms with Crippen molar-refractivity contribution in [3.63, 3.8) is 0 Å². The van der Waals surface area contributed by atoms with Gasteiger partial charge in [0, 0.05) is 34.8 Å². The zero-order valence-electron chi connectivity index (χ0n) is 23.4. The number of hydrogen-bond donors (Lipinski definition) is 1. The van der Waals surface area contributed by atoms with Gasteiger partial charge in [-0.2, -0.15) is 0 Å². The molecular weight excluding hydrogens is 478 g/mol. The minimum atomic E-state index is -0.778. The van der Waals surface area contributed by atoms with E-state index in [0.29, 0.717) is 18.4 Å². The number of carbonyl (C=O) groups excluding carboxylic acids is 3. The molecule has 0 saturated heterocycles. The Morgan fingerprint density at radius 1 is 0.974 bits per heavy atom. The van der Waals surface area contributed by atoms with E-state index in [0.717, 1.165) is 27.7 Å². The number of amides is 2. The summed E-state index contributed by atoms with van der Waals surface area (Å²) in [6.07, 6.45) is 0.911. The van der Waals surface area contributed by atoms with Crippen LogP contribution in [0.4, 0.5) is 0 Å². The lowest BCUT2D eigenvalue weighted by molar-refractivity contribution is -0.146. The second kappa shape index (κ2) is 11.0. The van der Waals surface area contributed by atoms with Crippen molar-refractivity contribution in [3.05, 3.63) is 70.9 Å². The number of aryl methyl sites for hydroxylation is 1. The summed E-state index contributed by atoms with van der Waals surface area (Å²) in [5.74, 6) is -0.672. The summed E-state index contributed by atoms with van der Waals surface area (Å²) in [7, 11) is 3.35. The molecule has 4 rings (SSSR count). The van der Waals surface area contributed by atoms with Crippen molar-refractivity contribution >= 4 is 28.7 Å². The van der Waals surface area contributed by atoms with Gasteiger partial charge in [-0.1, -0.05) is 64.1 Å². The van der Waals surface area contributed by atoms with Gasteiger partial charge in [-0.3, -0.25) is 9.59 Å². The Morgan fingerprint density at radius 3 is 2.26 bits per heavy atom. The third-order valence-corrected chi connectivity index (χ3v) is 7.56. The highest BCUT2D eigenvalue weighted by Crippen LogP contribution is 2.45. The monoisotopic (exact) mass is 517 g/mol. The average molecular weight is 518 g/mol. The van der Waals surface area contributed by atoms with E-state index in [9.17, 15) is 14.4 Å². The number of benzene rings is 2. The number of para-hydroxylation sites is 1. The maximum absolute atomic E-state index is 14.1. The van der Waals surface area contributed by atoms with Crippen molar-refractivity contribution in [2.75, 3.05) is 7.11 Å². The van der Waals surface area contributed by atoms with E-state index in [4.69, 9.17) is 4.74 Å². The first-order chi connectivity index (χ1) is 18.1. The maximum Gasteiger partial charge on any atom is 0.328 e. The number of aromatic nitrogens is 1. The first-order valence-electron chi connectivity index (χ1n) is 13.4. The highest BCUT2D eigenvalue weighted by Gasteiger charge is 2.46. The molecule has 1 aliphatic rings. The van der Waals surface area contributed by atoms with Gasteiger partial charge in [0.25, 0.3) is 5.91 Å². The van der Waals surface area contributed by atoms with E-state index in [1.165, 1.54) is 7.11 Å². The topological polar surface area (TPSA) is 80.6 Å². The van der Waals surface area contributed by atoms with Crippen LogP contribution in [0.2, 0.25) is 0 Å². The number of ether oxygens (including phenoxy) is 1. The van der Waals surface area contributed by atoms with Crippen LogP contribution in [0.25, 0.3) is 10.9 Å². The third-order valence-electron chi connectivity index (χ3n) is 7.56.